The first kappa shape index (κ1) is 47.9. The van der Waals surface area contributed by atoms with Crippen LogP contribution in [0.5, 0.6) is 0 Å². The Kier molecular flexibility index (Phi) is 13.1. The Bertz CT molecular complexity index is 2670. The van der Waals surface area contributed by atoms with Gasteiger partial charge in [-0.25, -0.2) is 87.8 Å². The summed E-state index contributed by atoms with van der Waals surface area (Å²) in [6.45, 7) is 5.44. The van der Waals surface area contributed by atoms with Crippen LogP contribution in [0.15, 0.2) is 66.7 Å². The summed E-state index contributed by atoms with van der Waals surface area (Å²) in [4.78, 5) is 0. The first-order chi connectivity index (χ1) is 30.5. The van der Waals surface area contributed by atoms with Gasteiger partial charge < -0.3 is 0 Å². The Hall–Kier alpha value is -6.61. The van der Waals surface area contributed by atoms with Crippen molar-refractivity contribution in [1.29, 1.82) is 0 Å². The van der Waals surface area contributed by atoms with Gasteiger partial charge in [-0.1, -0.05) is 56.3 Å². The van der Waals surface area contributed by atoms with Crippen molar-refractivity contribution in [3.63, 3.8) is 0 Å². The fourth-order valence-electron chi connectivity index (χ4n) is 7.60. The van der Waals surface area contributed by atoms with Crippen molar-refractivity contribution in [2.24, 2.45) is 0 Å². The SMILES string of the molecule is CC(C)c1ccc2ccccc2[n+]1Cc1ccccc1.Fc1c(F)c(F)c([B-](c2c(F)c(F)c(F)c(F)c2F)(c2c(F)c(F)c(F)c(F)c2F)c2c(F)c(F)c(F)c(F)c2F)c(F)c1F. The summed E-state index contributed by atoms with van der Waals surface area (Å²) in [7, 11) is 0. The Morgan fingerprint density at radius 2 is 0.615 bits per heavy atom. The van der Waals surface area contributed by atoms with Crippen LogP contribution in [0.25, 0.3) is 10.9 Å². The molecule has 0 N–H and O–H groups in total. The van der Waals surface area contributed by atoms with Gasteiger partial charge in [0.25, 0.3) is 0 Å². The molecule has 1 heterocycles. The molecule has 22 heteroatoms. The molecule has 0 radical (unpaired) electrons. The minimum Gasteiger partial charge on any atom is -0.207 e. The highest BCUT2D eigenvalue weighted by Crippen LogP contribution is 2.31. The fraction of sp³-hybridized carbons (Fsp3) is 0.0930. The van der Waals surface area contributed by atoms with Gasteiger partial charge in [-0.05, 0) is 12.1 Å². The smallest absolute Gasteiger partial charge is 0.207 e. The third-order valence-corrected chi connectivity index (χ3v) is 10.5. The largest absolute Gasteiger partial charge is 0.212 e. The second kappa shape index (κ2) is 17.8. The maximum atomic E-state index is 15.4. The maximum Gasteiger partial charge on any atom is 0.212 e. The van der Waals surface area contributed by atoms with Gasteiger partial charge in [-0.2, -0.15) is 4.57 Å². The Labute approximate surface area is 351 Å². The molecule has 0 aliphatic rings. The number of halogens is 20. The van der Waals surface area contributed by atoms with Gasteiger partial charge in [0.1, 0.15) is 52.7 Å². The first-order valence-electron chi connectivity index (χ1n) is 18.1. The molecule has 0 atom stereocenters. The number of fused-ring (bicyclic) bond motifs is 1. The maximum absolute atomic E-state index is 15.4. The molecule has 7 aromatic rings. The molecule has 0 bridgehead atoms. The van der Waals surface area contributed by atoms with E-state index < -0.39 is 144 Å². The van der Waals surface area contributed by atoms with E-state index in [9.17, 15) is 52.7 Å². The predicted molar refractivity (Wildman–Crippen MR) is 193 cm³/mol. The van der Waals surface area contributed by atoms with Crippen LogP contribution in [-0.2, 0) is 6.54 Å². The lowest BCUT2D eigenvalue weighted by atomic mass is 9.12. The Morgan fingerprint density at radius 1 is 0.338 bits per heavy atom. The van der Waals surface area contributed by atoms with E-state index in [-0.39, 0.29) is 0 Å². The van der Waals surface area contributed by atoms with Crippen LogP contribution < -0.4 is 26.4 Å². The lowest BCUT2D eigenvalue weighted by molar-refractivity contribution is -0.671. The molecule has 0 spiro atoms. The molecule has 0 amide bonds. The van der Waals surface area contributed by atoms with E-state index in [4.69, 9.17) is 0 Å². The van der Waals surface area contributed by atoms with E-state index in [1.165, 1.54) is 22.2 Å². The van der Waals surface area contributed by atoms with Crippen molar-refractivity contribution in [2.75, 3.05) is 0 Å². The zero-order valence-electron chi connectivity index (χ0n) is 32.2. The number of rotatable bonds is 7. The van der Waals surface area contributed by atoms with Crippen molar-refractivity contribution in [1.82, 2.24) is 0 Å². The summed E-state index contributed by atoms with van der Waals surface area (Å²) in [5.74, 6) is -70.9. The Balaban J connectivity index is 0.000000289. The predicted octanol–water partition coefficient (Wildman–Crippen LogP) is 10.1. The van der Waals surface area contributed by atoms with Crippen LogP contribution in [0.1, 0.15) is 31.0 Å². The molecule has 0 saturated carbocycles. The topological polar surface area (TPSA) is 3.88 Å². The van der Waals surface area contributed by atoms with Crippen molar-refractivity contribution >= 4 is 38.9 Å². The molecule has 1 nitrogen and oxygen atoms in total. The number of para-hydroxylation sites is 1. The third-order valence-electron chi connectivity index (χ3n) is 10.5. The monoisotopic (exact) mass is 941 g/mol. The van der Waals surface area contributed by atoms with Gasteiger partial charge in [-0.15, -0.1) is 21.9 Å². The number of pyridine rings is 1. The summed E-state index contributed by atoms with van der Waals surface area (Å²) < 4.78 is 296. The highest BCUT2D eigenvalue weighted by atomic mass is 19.2. The molecular weight excluding hydrogens is 921 g/mol. The van der Waals surface area contributed by atoms with Gasteiger partial charge in [0, 0.05) is 29.0 Å². The quantitative estimate of drug-likeness (QED) is 0.0493. The summed E-state index contributed by atoms with van der Waals surface area (Å²) in [6, 6.07) is 23.8. The molecule has 1 aromatic heterocycles. The van der Waals surface area contributed by atoms with Gasteiger partial charge in [0.15, 0.2) is 82.0 Å². The van der Waals surface area contributed by atoms with Crippen LogP contribution in [0.3, 0.4) is 0 Å². The van der Waals surface area contributed by atoms with E-state index in [2.05, 4.69) is 85.1 Å². The molecule has 0 aliphatic carbocycles. The fourth-order valence-corrected chi connectivity index (χ4v) is 7.60. The van der Waals surface area contributed by atoms with E-state index in [0.717, 1.165) is 6.54 Å². The zero-order chi connectivity index (χ0) is 48.3. The van der Waals surface area contributed by atoms with Crippen LogP contribution in [-0.4, -0.2) is 6.15 Å². The minimum absolute atomic E-state index is 0.517. The van der Waals surface area contributed by atoms with E-state index >= 15 is 35.1 Å². The van der Waals surface area contributed by atoms with Crippen LogP contribution in [0.2, 0.25) is 0 Å². The minimum atomic E-state index is -7.22. The lowest BCUT2D eigenvalue weighted by Crippen LogP contribution is -2.81. The average Bonchev–Trinajstić information content (AvgIpc) is 3.29. The number of nitrogens with zero attached hydrogens (tertiary/aromatic N) is 1. The molecule has 65 heavy (non-hydrogen) atoms. The average molecular weight is 941 g/mol. The van der Waals surface area contributed by atoms with Crippen molar-refractivity contribution < 1.29 is 92.4 Å². The standard InChI is InChI=1S/C24BF20.C19H20N/c26-5-1(6(27)14(35)21(42)13(5)34)25(2-7(28)15(36)22(43)16(37)8(2)29,3-9(30)17(38)23(44)18(39)10(3)31)4-11(32)19(40)24(45)20(41)12(4)33;1-15(2)18-13-12-17-10-6-7-11-19(17)20(18)14-16-8-4-3-5-9-16/h;3-13,15H,14H2,1-2H3/q-1;+1. The molecule has 6 aromatic carbocycles. The molecular formula is C43H20BF20N. The molecule has 7 rings (SSSR count). The normalized spacial score (nSPS) is 11.7. The van der Waals surface area contributed by atoms with Crippen LogP contribution in [0.4, 0.5) is 87.8 Å². The highest BCUT2D eigenvalue weighted by molar-refractivity contribution is 7.20. The molecule has 0 aliphatic heterocycles. The van der Waals surface area contributed by atoms with E-state index in [1.807, 2.05) is 0 Å². The molecule has 0 fully saturated rings. The highest BCUT2D eigenvalue weighted by Gasteiger charge is 2.52. The second-order valence-electron chi connectivity index (χ2n) is 14.3. The van der Waals surface area contributed by atoms with Crippen LogP contribution in [0, 0.1) is 116 Å². The number of hydrogen-bond donors (Lipinski definition) is 0. The number of aromatic nitrogens is 1. The van der Waals surface area contributed by atoms with E-state index in [1.54, 1.807) is 0 Å². The number of benzene rings is 6. The molecule has 0 unspecified atom stereocenters. The number of hydrogen-bond acceptors (Lipinski definition) is 0. The van der Waals surface area contributed by atoms with Crippen molar-refractivity contribution in [3.8, 4) is 0 Å². The van der Waals surface area contributed by atoms with Crippen molar-refractivity contribution in [2.45, 2.75) is 26.3 Å². The second-order valence-corrected chi connectivity index (χ2v) is 14.3. The summed E-state index contributed by atoms with van der Waals surface area (Å²) >= 11 is 0. The molecule has 0 saturated heterocycles. The first-order valence-corrected chi connectivity index (χ1v) is 18.1. The van der Waals surface area contributed by atoms with Crippen LogP contribution >= 0.6 is 0 Å². The van der Waals surface area contributed by atoms with Crippen molar-refractivity contribution in [3.05, 3.63) is 194 Å². The zero-order valence-corrected chi connectivity index (χ0v) is 32.2. The summed E-state index contributed by atoms with van der Waals surface area (Å²) in [6.07, 6.45) is -7.22. The third kappa shape index (κ3) is 7.48. The molecule has 340 valence electrons. The van der Waals surface area contributed by atoms with E-state index in [0.29, 0.717) is 5.92 Å². The van der Waals surface area contributed by atoms with Gasteiger partial charge in [0.2, 0.25) is 5.52 Å². The Morgan fingerprint density at radius 3 is 0.923 bits per heavy atom. The summed E-state index contributed by atoms with van der Waals surface area (Å²) in [5, 5.41) is 1.30. The van der Waals surface area contributed by atoms with Gasteiger partial charge >= 0.3 is 0 Å². The van der Waals surface area contributed by atoms with Gasteiger partial charge in [0.05, 0.1) is 0 Å². The van der Waals surface area contributed by atoms with Gasteiger partial charge in [-0.3, -0.25) is 0 Å². The summed E-state index contributed by atoms with van der Waals surface area (Å²) in [5.41, 5.74) is -10.3. The lowest BCUT2D eigenvalue weighted by Gasteiger charge is -2.44.